The van der Waals surface area contributed by atoms with E-state index in [1.165, 1.54) is 51.4 Å². The lowest BCUT2D eigenvalue weighted by molar-refractivity contribution is -0.379. The Labute approximate surface area is 444 Å². The van der Waals surface area contributed by atoms with E-state index in [0.717, 1.165) is 44.9 Å². The van der Waals surface area contributed by atoms with Crippen LogP contribution in [0.2, 0.25) is 0 Å². The molecule has 1 amide bonds. The van der Waals surface area contributed by atoms with E-state index in [1.807, 2.05) is 18.2 Å². The van der Waals surface area contributed by atoms with E-state index in [1.54, 1.807) is 18.2 Å². The molecular weight excluding hydrogens is 975 g/mol. The second-order valence-electron chi connectivity index (χ2n) is 19.3. The maximum absolute atomic E-state index is 13.2. The fraction of sp³-hybridized carbons (Fsp3) is 0.732. The molecule has 0 saturated carbocycles. The topological polar surface area (TPSA) is 307 Å². The highest BCUT2D eigenvalue weighted by Crippen LogP contribution is 2.33. The van der Waals surface area contributed by atoms with Gasteiger partial charge in [-0.25, -0.2) is 0 Å². The number of nitrogens with one attached hydrogen (secondary N) is 1. The molecule has 19 nitrogen and oxygen atoms in total. The smallest absolute Gasteiger partial charge is 0.224 e. The third-order valence-corrected chi connectivity index (χ3v) is 13.2. The van der Waals surface area contributed by atoms with Gasteiger partial charge in [-0.3, -0.25) is 4.79 Å². The standard InChI is InChI=1S/C56H93NO18/c1-3-5-7-9-11-13-15-17-19-21-23-25-27-29-31-33-40(61)39(57-44(62)34-32-30-28-26-24-22-20-18-16-14-12-10-8-6-4-2)38-70-54-50(68)47(65)52(42(36-59)72-54)75-56-51(69)48(66)53(43(37-60)73-56)74-55-49(67)46(64)45(63)41(35-58)71-55/h6,8,12,14,18,20,23-26,30-33,39-43,45-56,58-61,63-69H,3-5,7,9-11,13,15-17,19,21-22,27-29,34-38H2,1-2H3,(H,57,62)/b8-6-,14-12-,20-18-,25-23+,26-24-,32-30-,33-31+. The number of amides is 1. The largest absolute Gasteiger partial charge is 0.394 e. The average molecular weight is 1070 g/mol. The quantitative estimate of drug-likeness (QED) is 0.0314. The number of carbonyl (C=O) groups excluding carboxylic acids is 1. The summed E-state index contributed by atoms with van der Waals surface area (Å²) in [5.74, 6) is -0.418. The maximum Gasteiger partial charge on any atom is 0.224 e. The van der Waals surface area contributed by atoms with E-state index in [4.69, 9.17) is 28.4 Å². The summed E-state index contributed by atoms with van der Waals surface area (Å²) in [6, 6.07) is -1.05. The first-order valence-corrected chi connectivity index (χ1v) is 27.3. The molecule has 75 heavy (non-hydrogen) atoms. The Kier molecular flexibility index (Phi) is 34.8. The minimum atomic E-state index is -1.99. The molecular formula is C56H93NO18. The van der Waals surface area contributed by atoms with Crippen LogP contribution in [0.15, 0.2) is 85.1 Å². The molecule has 0 bridgehead atoms. The second kappa shape index (κ2) is 39.3. The molecule has 3 saturated heterocycles. The third-order valence-electron chi connectivity index (χ3n) is 13.2. The van der Waals surface area contributed by atoms with Gasteiger partial charge in [-0.1, -0.05) is 150 Å². The highest BCUT2D eigenvalue weighted by molar-refractivity contribution is 5.77. The molecule has 0 aliphatic carbocycles. The lowest BCUT2D eigenvalue weighted by Gasteiger charge is -2.48. The molecule has 17 unspecified atom stereocenters. The van der Waals surface area contributed by atoms with Crippen molar-refractivity contribution in [3.05, 3.63) is 85.1 Å². The van der Waals surface area contributed by atoms with Crippen LogP contribution in [0.3, 0.4) is 0 Å². The van der Waals surface area contributed by atoms with E-state index in [-0.39, 0.29) is 6.42 Å². The predicted octanol–water partition coefficient (Wildman–Crippen LogP) is 3.25. The molecule has 3 aliphatic heterocycles. The molecule has 3 fully saturated rings. The van der Waals surface area contributed by atoms with Gasteiger partial charge in [-0.2, -0.15) is 0 Å². The van der Waals surface area contributed by atoms with Gasteiger partial charge in [0.1, 0.15) is 73.2 Å². The van der Waals surface area contributed by atoms with Gasteiger partial charge < -0.3 is 89.9 Å². The minimum Gasteiger partial charge on any atom is -0.394 e. The summed E-state index contributed by atoms with van der Waals surface area (Å²) >= 11 is 0. The first-order valence-electron chi connectivity index (χ1n) is 27.3. The first-order chi connectivity index (χ1) is 36.3. The Balaban J connectivity index is 1.59. The molecule has 19 heteroatoms. The molecule has 0 aromatic carbocycles. The zero-order valence-electron chi connectivity index (χ0n) is 44.2. The fourth-order valence-corrected chi connectivity index (χ4v) is 8.68. The summed E-state index contributed by atoms with van der Waals surface area (Å²) in [5.41, 5.74) is 0. The van der Waals surface area contributed by atoms with Gasteiger partial charge in [0.2, 0.25) is 5.91 Å². The van der Waals surface area contributed by atoms with Crippen molar-refractivity contribution in [2.45, 2.75) is 234 Å². The van der Waals surface area contributed by atoms with E-state index in [9.17, 15) is 61.0 Å². The monoisotopic (exact) mass is 1070 g/mol. The summed E-state index contributed by atoms with van der Waals surface area (Å²) in [5, 5.41) is 120. The van der Waals surface area contributed by atoms with Crippen molar-refractivity contribution in [1.82, 2.24) is 5.32 Å². The third kappa shape index (κ3) is 24.3. The van der Waals surface area contributed by atoms with E-state index in [2.05, 4.69) is 67.8 Å². The Morgan fingerprint density at radius 1 is 0.493 bits per heavy atom. The zero-order valence-corrected chi connectivity index (χ0v) is 44.2. The SMILES string of the molecule is CC/C=C\C/C=C\C/C=C\C/C=C\C/C=C\CC(=O)NC(COC1OC(CO)C(OC2OC(CO)C(OC3OC(CO)C(O)C(O)C3O)C(O)C2O)C(O)C1O)C(O)/C=C/CC/C=C/CCCCCCCCCCC. The fourth-order valence-electron chi connectivity index (χ4n) is 8.68. The van der Waals surface area contributed by atoms with Crippen molar-refractivity contribution in [1.29, 1.82) is 0 Å². The van der Waals surface area contributed by atoms with Crippen LogP contribution in [0, 0.1) is 0 Å². The van der Waals surface area contributed by atoms with Gasteiger partial charge in [0.15, 0.2) is 18.9 Å². The van der Waals surface area contributed by atoms with Crippen LogP contribution in [-0.2, 0) is 33.2 Å². The molecule has 3 aliphatic rings. The number of aliphatic hydroxyl groups excluding tert-OH is 11. The van der Waals surface area contributed by atoms with Crippen molar-refractivity contribution in [3.63, 3.8) is 0 Å². The van der Waals surface area contributed by atoms with Crippen LogP contribution >= 0.6 is 0 Å². The molecule has 0 aromatic rings. The summed E-state index contributed by atoms with van der Waals surface area (Å²) in [6.45, 7) is 1.46. The van der Waals surface area contributed by atoms with Crippen LogP contribution in [0.5, 0.6) is 0 Å². The van der Waals surface area contributed by atoms with Gasteiger partial charge in [-0.15, -0.1) is 0 Å². The van der Waals surface area contributed by atoms with Crippen LogP contribution in [0.25, 0.3) is 0 Å². The molecule has 0 spiro atoms. The number of unbranched alkanes of at least 4 members (excludes halogenated alkanes) is 10. The molecule has 0 radical (unpaired) electrons. The van der Waals surface area contributed by atoms with Crippen LogP contribution in [0.1, 0.15) is 129 Å². The molecule has 3 heterocycles. The molecule has 430 valence electrons. The summed E-state index contributed by atoms with van der Waals surface area (Å²) in [6.07, 6.45) is 18.9. The molecule has 3 rings (SSSR count). The highest BCUT2D eigenvalue weighted by atomic mass is 16.8. The van der Waals surface area contributed by atoms with Crippen LogP contribution in [0.4, 0.5) is 0 Å². The summed E-state index contributed by atoms with van der Waals surface area (Å²) < 4.78 is 34.1. The van der Waals surface area contributed by atoms with Crippen LogP contribution in [-0.4, -0.2) is 193 Å². The highest BCUT2D eigenvalue weighted by Gasteiger charge is 2.53. The van der Waals surface area contributed by atoms with E-state index < -0.39 is 137 Å². The van der Waals surface area contributed by atoms with Crippen molar-refractivity contribution in [3.8, 4) is 0 Å². The minimum absolute atomic E-state index is 0.00136. The Bertz CT molecular complexity index is 1700. The normalized spacial score (nSPS) is 31.9. The second-order valence-corrected chi connectivity index (χ2v) is 19.3. The van der Waals surface area contributed by atoms with E-state index >= 15 is 0 Å². The molecule has 0 aromatic heterocycles. The number of hydrogen-bond acceptors (Lipinski definition) is 18. The maximum atomic E-state index is 13.2. The lowest BCUT2D eigenvalue weighted by atomic mass is 9.96. The van der Waals surface area contributed by atoms with Crippen molar-refractivity contribution in [2.75, 3.05) is 26.4 Å². The number of ether oxygens (including phenoxy) is 6. The lowest BCUT2D eigenvalue weighted by Crippen LogP contribution is -2.66. The average Bonchev–Trinajstić information content (AvgIpc) is 3.41. The number of allylic oxidation sites excluding steroid dienone is 12. The number of aliphatic hydroxyl groups is 11. The first kappa shape index (κ1) is 66.3. The summed E-state index contributed by atoms with van der Waals surface area (Å²) in [4.78, 5) is 13.2. The van der Waals surface area contributed by atoms with Crippen molar-refractivity contribution >= 4 is 5.91 Å². The van der Waals surface area contributed by atoms with Gasteiger partial charge in [0.25, 0.3) is 0 Å². The molecule has 17 atom stereocenters. The predicted molar refractivity (Wildman–Crippen MR) is 281 cm³/mol. The number of rotatable bonds is 37. The van der Waals surface area contributed by atoms with Gasteiger partial charge in [-0.05, 0) is 57.8 Å². The van der Waals surface area contributed by atoms with Gasteiger partial charge in [0, 0.05) is 6.42 Å². The Hall–Kier alpha value is -3.03. The Morgan fingerprint density at radius 2 is 0.933 bits per heavy atom. The molecule has 12 N–H and O–H groups in total. The summed E-state index contributed by atoms with van der Waals surface area (Å²) in [7, 11) is 0. The van der Waals surface area contributed by atoms with Gasteiger partial charge in [0.05, 0.1) is 38.6 Å². The van der Waals surface area contributed by atoms with Gasteiger partial charge >= 0.3 is 0 Å². The van der Waals surface area contributed by atoms with Crippen molar-refractivity contribution in [2.24, 2.45) is 0 Å². The van der Waals surface area contributed by atoms with Crippen molar-refractivity contribution < 1.29 is 89.4 Å². The Morgan fingerprint density at radius 3 is 1.47 bits per heavy atom. The zero-order chi connectivity index (χ0) is 54.8. The number of hydrogen-bond donors (Lipinski definition) is 12. The van der Waals surface area contributed by atoms with Crippen LogP contribution < -0.4 is 5.32 Å². The van der Waals surface area contributed by atoms with E-state index in [0.29, 0.717) is 12.8 Å². The number of carbonyl (C=O) groups is 1.